The van der Waals surface area contributed by atoms with Gasteiger partial charge in [0.25, 0.3) is 0 Å². The Hall–Kier alpha value is -3.09. The van der Waals surface area contributed by atoms with Crippen molar-refractivity contribution >= 4 is 12.1 Å². The fourth-order valence-electron chi connectivity index (χ4n) is 1.59. The number of aryl methyl sites for hydroxylation is 1. The van der Waals surface area contributed by atoms with Crippen molar-refractivity contribution in [2.75, 3.05) is 0 Å². The Kier molecular flexibility index (Phi) is 4.03. The molecular weight excluding hydrogens is 280 g/mol. The van der Waals surface area contributed by atoms with Crippen molar-refractivity contribution in [1.29, 1.82) is 0 Å². The Balaban J connectivity index is 2.33. The minimum absolute atomic E-state index is 0.123. The van der Waals surface area contributed by atoms with Crippen LogP contribution in [0, 0.1) is 6.92 Å². The molecule has 21 heavy (non-hydrogen) atoms. The maximum Gasteiger partial charge on any atom is 0.511 e. The number of carbonyl (C=O) groups is 2. The third kappa shape index (κ3) is 3.27. The summed E-state index contributed by atoms with van der Waals surface area (Å²) in [5.74, 6) is -1.23. The Morgan fingerprint density at radius 3 is 2.52 bits per heavy atom. The van der Waals surface area contributed by atoms with Crippen molar-refractivity contribution in [2.45, 2.75) is 6.92 Å². The Labute approximate surface area is 118 Å². The number of benzene rings is 1. The number of carbonyl (C=O) groups excluding carboxylic acids is 1. The van der Waals surface area contributed by atoms with Gasteiger partial charge in [0.05, 0.1) is 6.26 Å². The summed E-state index contributed by atoms with van der Waals surface area (Å²) < 4.78 is 14.4. The molecule has 0 aliphatic heterocycles. The number of carboxylic acid groups (broad SMARTS) is 1. The van der Waals surface area contributed by atoms with Crippen molar-refractivity contribution < 1.29 is 28.6 Å². The molecular formula is C14H10O7. The number of rotatable bonds is 3. The second kappa shape index (κ2) is 5.91. The van der Waals surface area contributed by atoms with E-state index in [0.29, 0.717) is 0 Å². The van der Waals surface area contributed by atoms with Gasteiger partial charge in [-0.2, -0.15) is 0 Å². The van der Waals surface area contributed by atoms with Crippen LogP contribution in [0.2, 0.25) is 0 Å². The van der Waals surface area contributed by atoms with Crippen LogP contribution < -0.4 is 14.9 Å². The van der Waals surface area contributed by atoms with Gasteiger partial charge in [-0.15, -0.1) is 0 Å². The van der Waals surface area contributed by atoms with Gasteiger partial charge in [0.15, 0.2) is 0 Å². The molecule has 0 spiro atoms. The summed E-state index contributed by atoms with van der Waals surface area (Å²) in [7, 11) is 0. The minimum Gasteiger partial charge on any atom is -0.465 e. The van der Waals surface area contributed by atoms with E-state index in [1.807, 2.05) is 0 Å². The fourth-order valence-corrected chi connectivity index (χ4v) is 1.59. The first-order chi connectivity index (χ1) is 9.99. The summed E-state index contributed by atoms with van der Waals surface area (Å²) in [5.41, 5.74) is -0.647. The van der Waals surface area contributed by atoms with Gasteiger partial charge < -0.3 is 19.0 Å². The van der Waals surface area contributed by atoms with Crippen LogP contribution in [0.5, 0.6) is 11.5 Å². The first kappa shape index (κ1) is 14.3. The lowest BCUT2D eigenvalue weighted by Crippen LogP contribution is -2.17. The highest BCUT2D eigenvalue weighted by Gasteiger charge is 2.19. The zero-order valence-corrected chi connectivity index (χ0v) is 10.9. The van der Waals surface area contributed by atoms with Crippen molar-refractivity contribution in [3.63, 3.8) is 0 Å². The van der Waals surface area contributed by atoms with Gasteiger partial charge in [-0.05, 0) is 19.1 Å². The predicted octanol–water partition coefficient (Wildman–Crippen LogP) is 2.22. The second-order valence-corrected chi connectivity index (χ2v) is 3.92. The van der Waals surface area contributed by atoms with Crippen LogP contribution in [0.4, 0.5) is 4.79 Å². The van der Waals surface area contributed by atoms with Crippen LogP contribution in [-0.2, 0) is 0 Å². The van der Waals surface area contributed by atoms with Crippen LogP contribution in [0.15, 0.2) is 45.8 Å². The number of esters is 1. The standard InChI is InChI=1S/C14H10O7/c1-8-12(10(15)6-7-19-8)21-13(16)9-4-2-3-5-11(9)20-14(17)18/h2-7H,1H3,(H,17,18). The van der Waals surface area contributed by atoms with Crippen LogP contribution in [0.25, 0.3) is 0 Å². The SMILES string of the molecule is Cc1occc(=O)c1OC(=O)c1ccccc1OC(=O)O. The Morgan fingerprint density at radius 2 is 1.86 bits per heavy atom. The first-order valence-electron chi connectivity index (χ1n) is 5.79. The van der Waals surface area contributed by atoms with E-state index in [1.165, 1.54) is 37.5 Å². The molecule has 0 bridgehead atoms. The molecule has 0 saturated heterocycles. The smallest absolute Gasteiger partial charge is 0.465 e. The molecule has 1 heterocycles. The number of hydrogen-bond acceptors (Lipinski definition) is 6. The van der Waals surface area contributed by atoms with E-state index in [1.54, 1.807) is 0 Å². The third-order valence-electron chi connectivity index (χ3n) is 2.51. The van der Waals surface area contributed by atoms with E-state index in [2.05, 4.69) is 4.74 Å². The van der Waals surface area contributed by atoms with Crippen molar-refractivity contribution in [3.8, 4) is 11.5 Å². The molecule has 0 aliphatic rings. The Bertz CT molecular complexity index is 745. The molecule has 1 aromatic heterocycles. The molecule has 1 aromatic carbocycles. The highest BCUT2D eigenvalue weighted by atomic mass is 16.7. The lowest BCUT2D eigenvalue weighted by molar-refractivity contribution is 0.0723. The zero-order chi connectivity index (χ0) is 15.4. The molecule has 0 fully saturated rings. The summed E-state index contributed by atoms with van der Waals surface area (Å²) in [6.07, 6.45) is -0.387. The normalized spacial score (nSPS) is 9.95. The van der Waals surface area contributed by atoms with Crippen molar-refractivity contribution in [2.24, 2.45) is 0 Å². The zero-order valence-electron chi connectivity index (χ0n) is 10.9. The van der Waals surface area contributed by atoms with Crippen LogP contribution in [-0.4, -0.2) is 17.2 Å². The van der Waals surface area contributed by atoms with Gasteiger partial charge >= 0.3 is 12.1 Å². The van der Waals surface area contributed by atoms with Gasteiger partial charge in [-0.1, -0.05) is 12.1 Å². The van der Waals surface area contributed by atoms with E-state index in [-0.39, 0.29) is 22.8 Å². The van der Waals surface area contributed by atoms with E-state index >= 15 is 0 Å². The van der Waals surface area contributed by atoms with Crippen LogP contribution in [0.1, 0.15) is 16.1 Å². The van der Waals surface area contributed by atoms with E-state index in [4.69, 9.17) is 14.3 Å². The maximum atomic E-state index is 12.0. The molecule has 7 nitrogen and oxygen atoms in total. The lowest BCUT2D eigenvalue weighted by Gasteiger charge is -2.08. The molecule has 2 aromatic rings. The molecule has 0 aliphatic carbocycles. The first-order valence-corrected chi connectivity index (χ1v) is 5.79. The highest BCUT2D eigenvalue weighted by molar-refractivity contribution is 5.94. The molecule has 2 rings (SSSR count). The van der Waals surface area contributed by atoms with Gasteiger partial charge in [0.2, 0.25) is 11.2 Å². The monoisotopic (exact) mass is 290 g/mol. The fraction of sp³-hybridized carbons (Fsp3) is 0.0714. The summed E-state index contributed by atoms with van der Waals surface area (Å²) in [4.78, 5) is 34.2. The van der Waals surface area contributed by atoms with Crippen molar-refractivity contribution in [3.05, 3.63) is 58.1 Å². The van der Waals surface area contributed by atoms with E-state index in [0.717, 1.165) is 6.07 Å². The molecule has 0 atom stereocenters. The average Bonchev–Trinajstić information content (AvgIpc) is 2.43. The summed E-state index contributed by atoms with van der Waals surface area (Å²) in [6.45, 7) is 1.46. The van der Waals surface area contributed by atoms with Crippen LogP contribution >= 0.6 is 0 Å². The number of para-hydroxylation sites is 1. The average molecular weight is 290 g/mol. The van der Waals surface area contributed by atoms with E-state index < -0.39 is 17.6 Å². The third-order valence-corrected chi connectivity index (χ3v) is 2.51. The van der Waals surface area contributed by atoms with Gasteiger partial charge in [0.1, 0.15) is 17.1 Å². The number of ether oxygens (including phenoxy) is 2. The second-order valence-electron chi connectivity index (χ2n) is 3.92. The Morgan fingerprint density at radius 1 is 1.14 bits per heavy atom. The van der Waals surface area contributed by atoms with E-state index in [9.17, 15) is 14.4 Å². The van der Waals surface area contributed by atoms with Gasteiger partial charge in [-0.3, -0.25) is 4.79 Å². The topological polar surface area (TPSA) is 103 Å². The lowest BCUT2D eigenvalue weighted by atomic mass is 10.2. The van der Waals surface area contributed by atoms with Gasteiger partial charge in [0, 0.05) is 6.07 Å². The molecule has 0 radical (unpaired) electrons. The molecule has 0 saturated carbocycles. The molecule has 108 valence electrons. The van der Waals surface area contributed by atoms with Crippen LogP contribution in [0.3, 0.4) is 0 Å². The largest absolute Gasteiger partial charge is 0.511 e. The summed E-state index contributed by atoms with van der Waals surface area (Å²) in [6, 6.07) is 6.73. The summed E-state index contributed by atoms with van der Waals surface area (Å²) >= 11 is 0. The molecule has 1 N–H and O–H groups in total. The van der Waals surface area contributed by atoms with Gasteiger partial charge in [-0.25, -0.2) is 9.59 Å². The minimum atomic E-state index is -1.56. The quantitative estimate of drug-likeness (QED) is 0.682. The number of hydrogen-bond donors (Lipinski definition) is 1. The molecule has 7 heteroatoms. The molecule has 0 unspecified atom stereocenters. The van der Waals surface area contributed by atoms with Crippen molar-refractivity contribution in [1.82, 2.24) is 0 Å². The highest BCUT2D eigenvalue weighted by Crippen LogP contribution is 2.21. The molecule has 0 amide bonds. The summed E-state index contributed by atoms with van der Waals surface area (Å²) in [5, 5.41) is 8.61. The predicted molar refractivity (Wildman–Crippen MR) is 69.8 cm³/mol. The maximum absolute atomic E-state index is 12.0.